The molecule has 1 aromatic carbocycles. The number of carboxylic acids is 1. The molecule has 0 aliphatic carbocycles. The van der Waals surface area contributed by atoms with E-state index in [1.165, 1.54) is 26.0 Å². The number of carbonyl (C=O) groups is 5. The monoisotopic (exact) mass is 536 g/mol. The van der Waals surface area contributed by atoms with Crippen molar-refractivity contribution >= 4 is 29.6 Å². The molecule has 0 spiro atoms. The second-order valence-corrected chi connectivity index (χ2v) is 10.1. The molecule has 0 aromatic heterocycles. The van der Waals surface area contributed by atoms with Crippen molar-refractivity contribution in [1.29, 1.82) is 0 Å². The van der Waals surface area contributed by atoms with Gasteiger partial charge in [-0.2, -0.15) is 0 Å². The van der Waals surface area contributed by atoms with Crippen LogP contribution < -0.4 is 21.3 Å². The summed E-state index contributed by atoms with van der Waals surface area (Å²) in [5, 5.41) is 39.1. The maximum Gasteiger partial charge on any atom is 0.326 e. The minimum atomic E-state index is -1.47. The Hall–Kier alpha value is -3.67. The number of amides is 4. The van der Waals surface area contributed by atoms with Crippen LogP contribution in [0, 0.1) is 11.8 Å². The molecule has 0 unspecified atom stereocenters. The molecule has 5 atom stereocenters. The van der Waals surface area contributed by atoms with E-state index >= 15 is 0 Å². The summed E-state index contributed by atoms with van der Waals surface area (Å²) in [6.07, 6.45) is -1.13. The van der Waals surface area contributed by atoms with Gasteiger partial charge in [0, 0.05) is 13.3 Å². The number of carboxylic acid groups (broad SMARTS) is 1. The number of benzene rings is 1. The summed E-state index contributed by atoms with van der Waals surface area (Å²) in [5.74, 6) is -4.42. The molecule has 38 heavy (non-hydrogen) atoms. The normalized spacial score (nSPS) is 15.1. The van der Waals surface area contributed by atoms with Crippen molar-refractivity contribution in [2.75, 3.05) is 0 Å². The Morgan fingerprint density at radius 1 is 0.763 bits per heavy atom. The van der Waals surface area contributed by atoms with Crippen molar-refractivity contribution in [3.05, 3.63) is 29.8 Å². The molecule has 0 aliphatic rings. The number of carbonyl (C=O) groups excluding carboxylic acids is 4. The van der Waals surface area contributed by atoms with Gasteiger partial charge in [0.15, 0.2) is 0 Å². The van der Waals surface area contributed by atoms with E-state index < -0.39 is 65.8 Å². The van der Waals surface area contributed by atoms with Crippen LogP contribution in [-0.2, 0) is 30.4 Å². The highest BCUT2D eigenvalue weighted by molar-refractivity contribution is 5.95. The van der Waals surface area contributed by atoms with Crippen LogP contribution in [0.5, 0.6) is 5.75 Å². The second-order valence-electron chi connectivity index (χ2n) is 10.1. The van der Waals surface area contributed by atoms with Crippen LogP contribution in [0.25, 0.3) is 0 Å². The third kappa shape index (κ3) is 10.8. The lowest BCUT2D eigenvalue weighted by Gasteiger charge is -2.28. The first-order valence-corrected chi connectivity index (χ1v) is 12.5. The van der Waals surface area contributed by atoms with Crippen molar-refractivity contribution in [3.8, 4) is 5.75 Å². The van der Waals surface area contributed by atoms with Gasteiger partial charge in [-0.05, 0) is 42.9 Å². The summed E-state index contributed by atoms with van der Waals surface area (Å²) >= 11 is 0. The van der Waals surface area contributed by atoms with Gasteiger partial charge in [-0.3, -0.25) is 19.2 Å². The fraction of sp³-hybridized carbons (Fsp3) is 0.577. The van der Waals surface area contributed by atoms with Crippen LogP contribution in [0.15, 0.2) is 24.3 Å². The van der Waals surface area contributed by atoms with Crippen molar-refractivity contribution in [2.24, 2.45) is 11.8 Å². The number of nitrogens with one attached hydrogen (secondary N) is 4. The molecule has 212 valence electrons. The number of rotatable bonds is 14. The van der Waals surface area contributed by atoms with Gasteiger partial charge >= 0.3 is 5.97 Å². The van der Waals surface area contributed by atoms with Gasteiger partial charge in [-0.15, -0.1) is 0 Å². The zero-order valence-electron chi connectivity index (χ0n) is 22.6. The van der Waals surface area contributed by atoms with Crippen LogP contribution in [0.2, 0.25) is 0 Å². The second kappa shape index (κ2) is 14.9. The molecule has 1 aromatic rings. The highest BCUT2D eigenvalue weighted by atomic mass is 16.4. The van der Waals surface area contributed by atoms with Crippen molar-refractivity contribution in [3.63, 3.8) is 0 Å². The third-order valence-corrected chi connectivity index (χ3v) is 5.70. The van der Waals surface area contributed by atoms with E-state index in [-0.39, 0.29) is 24.5 Å². The van der Waals surface area contributed by atoms with Gasteiger partial charge in [-0.1, -0.05) is 39.8 Å². The molecule has 0 saturated carbocycles. The van der Waals surface area contributed by atoms with Crippen molar-refractivity contribution in [2.45, 2.75) is 84.7 Å². The standard InChI is InChI=1S/C26H40N4O8/c1-13(2)11-20(26(37)38)28-24(35)21(14(3)4)29-25(36)22(15(5)31)30-23(34)19(27-16(6)32)12-17-7-9-18(33)10-8-17/h7-10,13-15,19-22,31,33H,11-12H2,1-6H3,(H,27,32)(H,28,35)(H,29,36)(H,30,34)(H,37,38)/t15-,19+,20+,21+,22+/m1/s1. The van der Waals surface area contributed by atoms with Crippen LogP contribution >= 0.6 is 0 Å². The summed E-state index contributed by atoms with van der Waals surface area (Å²) in [6.45, 7) is 9.45. The predicted molar refractivity (Wildman–Crippen MR) is 139 cm³/mol. The molecule has 4 amide bonds. The first kappa shape index (κ1) is 32.4. The van der Waals surface area contributed by atoms with Gasteiger partial charge in [0.05, 0.1) is 6.10 Å². The third-order valence-electron chi connectivity index (χ3n) is 5.70. The molecule has 0 radical (unpaired) electrons. The van der Waals surface area contributed by atoms with Gasteiger partial charge in [0.2, 0.25) is 23.6 Å². The maximum atomic E-state index is 13.1. The molecule has 0 bridgehead atoms. The molecule has 0 heterocycles. The molecule has 12 heteroatoms. The highest BCUT2D eigenvalue weighted by Gasteiger charge is 2.34. The van der Waals surface area contributed by atoms with Gasteiger partial charge in [-0.25, -0.2) is 4.79 Å². The Morgan fingerprint density at radius 2 is 1.29 bits per heavy atom. The predicted octanol–water partition coefficient (Wildman–Crippen LogP) is 0.0613. The summed E-state index contributed by atoms with van der Waals surface area (Å²) < 4.78 is 0. The molecular weight excluding hydrogens is 496 g/mol. The number of aromatic hydroxyl groups is 1. The molecule has 12 nitrogen and oxygen atoms in total. The van der Waals surface area contributed by atoms with E-state index in [0.29, 0.717) is 5.56 Å². The lowest BCUT2D eigenvalue weighted by molar-refractivity contribution is -0.143. The summed E-state index contributed by atoms with van der Waals surface area (Å²) in [7, 11) is 0. The van der Waals surface area contributed by atoms with E-state index in [1.807, 2.05) is 13.8 Å². The zero-order chi connectivity index (χ0) is 29.2. The summed E-state index contributed by atoms with van der Waals surface area (Å²) in [4.78, 5) is 62.3. The van der Waals surface area contributed by atoms with Crippen molar-refractivity contribution in [1.82, 2.24) is 21.3 Å². The first-order chi connectivity index (χ1) is 17.6. The molecule has 0 fully saturated rings. The quantitative estimate of drug-likeness (QED) is 0.173. The lowest BCUT2D eigenvalue weighted by atomic mass is 9.99. The van der Waals surface area contributed by atoms with Gasteiger partial charge in [0.1, 0.15) is 29.9 Å². The molecule has 0 saturated heterocycles. The average molecular weight is 537 g/mol. The number of phenols is 1. The Bertz CT molecular complexity index is 978. The Labute approximate surface area is 222 Å². The number of aliphatic hydroxyl groups is 1. The van der Waals surface area contributed by atoms with Crippen LogP contribution in [-0.4, -0.2) is 75.2 Å². The first-order valence-electron chi connectivity index (χ1n) is 12.5. The van der Waals surface area contributed by atoms with Gasteiger partial charge < -0.3 is 36.6 Å². The van der Waals surface area contributed by atoms with Crippen LogP contribution in [0.1, 0.15) is 53.5 Å². The van der Waals surface area contributed by atoms with E-state index in [9.17, 15) is 39.3 Å². The fourth-order valence-electron chi connectivity index (χ4n) is 3.71. The number of phenolic OH excluding ortho intramolecular Hbond substituents is 1. The number of aliphatic carboxylic acids is 1. The zero-order valence-corrected chi connectivity index (χ0v) is 22.6. The van der Waals surface area contributed by atoms with E-state index in [4.69, 9.17) is 0 Å². The van der Waals surface area contributed by atoms with Crippen LogP contribution in [0.4, 0.5) is 0 Å². The number of aliphatic hydroxyl groups excluding tert-OH is 1. The fourth-order valence-corrected chi connectivity index (χ4v) is 3.71. The van der Waals surface area contributed by atoms with Gasteiger partial charge in [0.25, 0.3) is 0 Å². The average Bonchev–Trinajstić information content (AvgIpc) is 2.79. The van der Waals surface area contributed by atoms with E-state index in [2.05, 4.69) is 21.3 Å². The minimum absolute atomic E-state index is 0.00328. The molecular formula is C26H40N4O8. The van der Waals surface area contributed by atoms with E-state index in [0.717, 1.165) is 0 Å². The Kier molecular flexibility index (Phi) is 12.7. The summed E-state index contributed by atoms with van der Waals surface area (Å²) in [6, 6.07) is 1.15. The smallest absolute Gasteiger partial charge is 0.326 e. The Balaban J connectivity index is 3.04. The molecule has 7 N–H and O–H groups in total. The minimum Gasteiger partial charge on any atom is -0.508 e. The SMILES string of the molecule is CC(=O)N[C@@H](Cc1ccc(O)cc1)C(=O)N[C@H](C(=O)N[C@H](C(=O)N[C@@H](CC(C)C)C(=O)O)C(C)C)[C@@H](C)O. The van der Waals surface area contributed by atoms with Crippen molar-refractivity contribution < 1.29 is 39.3 Å². The Morgan fingerprint density at radius 3 is 1.74 bits per heavy atom. The maximum absolute atomic E-state index is 13.1. The number of hydrogen-bond acceptors (Lipinski definition) is 7. The molecule has 1 rings (SSSR count). The largest absolute Gasteiger partial charge is 0.508 e. The lowest BCUT2D eigenvalue weighted by Crippen LogP contribution is -2.61. The van der Waals surface area contributed by atoms with E-state index in [1.54, 1.807) is 26.0 Å². The highest BCUT2D eigenvalue weighted by Crippen LogP contribution is 2.12. The topological polar surface area (TPSA) is 194 Å². The number of hydrogen-bond donors (Lipinski definition) is 7. The molecule has 0 aliphatic heterocycles. The summed E-state index contributed by atoms with van der Waals surface area (Å²) in [5.41, 5.74) is 0.626. The van der Waals surface area contributed by atoms with Crippen LogP contribution in [0.3, 0.4) is 0 Å².